The molecule has 0 aromatic rings. The average Bonchev–Trinajstić information content (AvgIpc) is 2.20. The number of hydrogen-bond acceptors (Lipinski definition) is 2. The first-order valence-electron chi connectivity index (χ1n) is 4.17. The van der Waals surface area contributed by atoms with Crippen LogP contribution in [0, 0.1) is 0 Å². The fraction of sp³-hybridized carbons (Fsp3) is 0.400. The number of hydrogen-bond donors (Lipinski definition) is 0. The van der Waals surface area contributed by atoms with Gasteiger partial charge in [-0.3, -0.25) is 9.98 Å². The molecule has 0 unspecified atom stereocenters. The van der Waals surface area contributed by atoms with Crippen LogP contribution >= 0.6 is 0 Å². The quantitative estimate of drug-likeness (QED) is 0.491. The molecule has 0 radical (unpaired) electrons. The van der Waals surface area contributed by atoms with Crippen molar-refractivity contribution in [2.75, 3.05) is 14.1 Å². The first-order valence-corrected chi connectivity index (χ1v) is 4.17. The molecule has 0 aliphatic heterocycles. The third-order valence-corrected chi connectivity index (χ3v) is 1.36. The fourth-order valence-electron chi connectivity index (χ4n) is 0.842. The smallest absolute Gasteiger partial charge is 0.0822 e. The van der Waals surface area contributed by atoms with Crippen LogP contribution in [0.3, 0.4) is 0 Å². The zero-order chi connectivity index (χ0) is 9.40. The highest BCUT2D eigenvalue weighted by Gasteiger charge is 2.01. The Kier molecular flexibility index (Phi) is 5.88. The van der Waals surface area contributed by atoms with Crippen molar-refractivity contribution in [3.8, 4) is 0 Å². The number of rotatable bonds is 0. The highest BCUT2D eigenvalue weighted by Crippen LogP contribution is 1.96. The van der Waals surface area contributed by atoms with Crippen LogP contribution in [-0.4, -0.2) is 25.5 Å². The summed E-state index contributed by atoms with van der Waals surface area (Å²) in [5.74, 6) is 0. The van der Waals surface area contributed by atoms with Gasteiger partial charge in [-0.05, 0) is 12.2 Å². The molecule has 2 heteroatoms. The van der Waals surface area contributed by atoms with Gasteiger partial charge >= 0.3 is 0 Å². The molecular formula is C10H16N2. The molecule has 0 bridgehead atoms. The zero-order valence-electron chi connectivity index (χ0n) is 8.20. The minimum absolute atomic E-state index is 0.949. The average molecular weight is 164 g/mol. The summed E-state index contributed by atoms with van der Waals surface area (Å²) in [6.07, 6.45) is 7.80. The van der Waals surface area contributed by atoms with Crippen LogP contribution in [0.2, 0.25) is 0 Å². The molecule has 12 heavy (non-hydrogen) atoms. The van der Waals surface area contributed by atoms with E-state index >= 15 is 0 Å². The van der Waals surface area contributed by atoms with Crippen LogP contribution in [0.1, 0.15) is 13.8 Å². The summed E-state index contributed by atoms with van der Waals surface area (Å²) >= 11 is 0. The van der Waals surface area contributed by atoms with Gasteiger partial charge in [0.15, 0.2) is 0 Å². The van der Waals surface area contributed by atoms with Crippen LogP contribution in [0.25, 0.3) is 0 Å². The van der Waals surface area contributed by atoms with Gasteiger partial charge in [0.05, 0.1) is 11.4 Å². The summed E-state index contributed by atoms with van der Waals surface area (Å²) in [5, 5.41) is 0. The molecule has 0 saturated heterocycles. The fourth-order valence-corrected chi connectivity index (χ4v) is 0.842. The largest absolute Gasteiger partial charge is 0.286 e. The summed E-state index contributed by atoms with van der Waals surface area (Å²) in [5.41, 5.74) is 1.90. The molecule has 2 nitrogen and oxygen atoms in total. The molecule has 0 amide bonds. The molecule has 1 rings (SSSR count). The second kappa shape index (κ2) is 6.53. The van der Waals surface area contributed by atoms with E-state index in [-0.39, 0.29) is 0 Å². The standard InChI is InChI=1S/C8H10N2.C2H6/c1-9-7-5-3-4-6-8(7)10-2;1-2/h3-6H,1-2H3;1-2H3. The first kappa shape index (κ1) is 10.8. The van der Waals surface area contributed by atoms with Gasteiger partial charge in [-0.2, -0.15) is 0 Å². The Morgan fingerprint density at radius 3 is 1.42 bits per heavy atom. The third-order valence-electron chi connectivity index (χ3n) is 1.36. The van der Waals surface area contributed by atoms with Gasteiger partial charge in [0, 0.05) is 14.1 Å². The van der Waals surface area contributed by atoms with Crippen LogP contribution in [0.5, 0.6) is 0 Å². The predicted octanol–water partition coefficient (Wildman–Crippen LogP) is 2.28. The maximum absolute atomic E-state index is 4.05. The van der Waals surface area contributed by atoms with Crippen molar-refractivity contribution < 1.29 is 0 Å². The summed E-state index contributed by atoms with van der Waals surface area (Å²) in [4.78, 5) is 8.10. The highest BCUT2D eigenvalue weighted by atomic mass is 14.8. The van der Waals surface area contributed by atoms with Crippen LogP contribution in [0.4, 0.5) is 0 Å². The second-order valence-electron chi connectivity index (χ2n) is 1.94. The van der Waals surface area contributed by atoms with Crippen molar-refractivity contribution in [2.24, 2.45) is 9.98 Å². The second-order valence-corrected chi connectivity index (χ2v) is 1.94. The van der Waals surface area contributed by atoms with E-state index in [1.165, 1.54) is 0 Å². The maximum Gasteiger partial charge on any atom is 0.0822 e. The number of aliphatic imine (C=N–C) groups is 2. The molecule has 0 aromatic heterocycles. The monoisotopic (exact) mass is 164 g/mol. The Balaban J connectivity index is 0.000000561. The lowest BCUT2D eigenvalue weighted by molar-refractivity contribution is 1.42. The Morgan fingerprint density at radius 1 is 0.833 bits per heavy atom. The van der Waals surface area contributed by atoms with Crippen LogP contribution < -0.4 is 0 Å². The van der Waals surface area contributed by atoms with E-state index in [0.29, 0.717) is 0 Å². The van der Waals surface area contributed by atoms with E-state index in [9.17, 15) is 0 Å². The number of allylic oxidation sites excluding steroid dienone is 4. The van der Waals surface area contributed by atoms with Crippen molar-refractivity contribution in [2.45, 2.75) is 13.8 Å². The molecule has 66 valence electrons. The Labute approximate surface area is 74.4 Å². The minimum atomic E-state index is 0.949. The molecule has 0 N–H and O–H groups in total. The summed E-state index contributed by atoms with van der Waals surface area (Å²) < 4.78 is 0. The van der Waals surface area contributed by atoms with E-state index in [0.717, 1.165) is 11.4 Å². The first-order chi connectivity index (χ1) is 5.88. The minimum Gasteiger partial charge on any atom is -0.286 e. The molecule has 0 atom stereocenters. The van der Waals surface area contributed by atoms with Crippen molar-refractivity contribution in [1.29, 1.82) is 0 Å². The highest BCUT2D eigenvalue weighted by molar-refractivity contribution is 6.51. The molecule has 1 aliphatic carbocycles. The van der Waals surface area contributed by atoms with Gasteiger partial charge in [-0.25, -0.2) is 0 Å². The molecule has 0 heterocycles. The van der Waals surface area contributed by atoms with Crippen molar-refractivity contribution in [3.05, 3.63) is 24.3 Å². The van der Waals surface area contributed by atoms with Gasteiger partial charge in [0.25, 0.3) is 0 Å². The predicted molar refractivity (Wildman–Crippen MR) is 56.3 cm³/mol. The van der Waals surface area contributed by atoms with Gasteiger partial charge in [0.1, 0.15) is 0 Å². The lowest BCUT2D eigenvalue weighted by atomic mass is 10.1. The van der Waals surface area contributed by atoms with Crippen molar-refractivity contribution in [3.63, 3.8) is 0 Å². The Bertz CT molecular complexity index is 206. The van der Waals surface area contributed by atoms with Gasteiger partial charge in [-0.15, -0.1) is 0 Å². The lowest BCUT2D eigenvalue weighted by Crippen LogP contribution is -2.10. The molecule has 0 saturated carbocycles. The maximum atomic E-state index is 4.05. The zero-order valence-corrected chi connectivity index (χ0v) is 8.20. The van der Waals surface area contributed by atoms with Gasteiger partial charge in [-0.1, -0.05) is 26.0 Å². The van der Waals surface area contributed by atoms with E-state index < -0.39 is 0 Å². The summed E-state index contributed by atoms with van der Waals surface area (Å²) in [6.45, 7) is 4.00. The molecular weight excluding hydrogens is 148 g/mol. The van der Waals surface area contributed by atoms with Gasteiger partial charge in [0.2, 0.25) is 0 Å². The Morgan fingerprint density at radius 2 is 1.17 bits per heavy atom. The van der Waals surface area contributed by atoms with Crippen LogP contribution in [0.15, 0.2) is 34.3 Å². The van der Waals surface area contributed by atoms with Crippen LogP contribution in [-0.2, 0) is 0 Å². The molecule has 1 aliphatic rings. The van der Waals surface area contributed by atoms with Gasteiger partial charge < -0.3 is 0 Å². The van der Waals surface area contributed by atoms with E-state index in [1.54, 1.807) is 14.1 Å². The normalized spacial score (nSPS) is 21.0. The summed E-state index contributed by atoms with van der Waals surface area (Å²) in [6, 6.07) is 0. The lowest BCUT2D eigenvalue weighted by Gasteiger charge is -2.01. The van der Waals surface area contributed by atoms with E-state index in [4.69, 9.17) is 0 Å². The molecule has 0 fully saturated rings. The van der Waals surface area contributed by atoms with Crippen molar-refractivity contribution in [1.82, 2.24) is 0 Å². The summed E-state index contributed by atoms with van der Waals surface area (Å²) in [7, 11) is 3.54. The molecule has 0 aromatic carbocycles. The van der Waals surface area contributed by atoms with Crippen molar-refractivity contribution >= 4 is 11.4 Å². The topological polar surface area (TPSA) is 24.7 Å². The third kappa shape index (κ3) is 2.82. The molecule has 0 spiro atoms. The van der Waals surface area contributed by atoms with E-state index in [1.807, 2.05) is 38.2 Å². The van der Waals surface area contributed by atoms with E-state index in [2.05, 4.69) is 9.98 Å². The SMILES string of the molecule is CC.CN=C1C=CC=CC1=NC. The Hall–Kier alpha value is -1.18. The number of nitrogens with zero attached hydrogens (tertiary/aromatic N) is 2.